The first-order chi connectivity index (χ1) is 6.13. The fourth-order valence-electron chi connectivity index (χ4n) is 1.61. The number of hydrogen-bond donors (Lipinski definition) is 2. The van der Waals surface area contributed by atoms with Crippen molar-refractivity contribution < 1.29 is 19.7 Å². The smallest absolute Gasteiger partial charge is 0.308 e. The van der Waals surface area contributed by atoms with Gasteiger partial charge < -0.3 is 14.9 Å². The number of carboxylic acids is 1. The third-order valence-corrected chi connectivity index (χ3v) is 2.65. The van der Waals surface area contributed by atoms with Crippen LogP contribution in [-0.4, -0.2) is 35.5 Å². The summed E-state index contributed by atoms with van der Waals surface area (Å²) in [5.41, 5.74) is 0. The fraction of sp³-hybridized carbons (Fsp3) is 0.889. The molecule has 2 N–H and O–H groups in total. The second-order valence-corrected chi connectivity index (χ2v) is 3.57. The van der Waals surface area contributed by atoms with Gasteiger partial charge in [0.1, 0.15) is 0 Å². The van der Waals surface area contributed by atoms with E-state index in [1.165, 1.54) is 0 Å². The number of hydrogen-bond acceptors (Lipinski definition) is 3. The van der Waals surface area contributed by atoms with Gasteiger partial charge in [-0.15, -0.1) is 0 Å². The van der Waals surface area contributed by atoms with Crippen LogP contribution in [-0.2, 0) is 9.53 Å². The molecule has 0 radical (unpaired) electrons. The maximum atomic E-state index is 10.6. The van der Waals surface area contributed by atoms with E-state index in [1.807, 2.05) is 0 Å². The highest BCUT2D eigenvalue weighted by Crippen LogP contribution is 2.23. The topological polar surface area (TPSA) is 66.8 Å². The molecule has 76 valence electrons. The molecule has 2 unspecified atom stereocenters. The molecule has 0 bridgehead atoms. The highest BCUT2D eigenvalue weighted by Gasteiger charge is 2.30. The van der Waals surface area contributed by atoms with Crippen LogP contribution in [0, 0.1) is 11.8 Å². The summed E-state index contributed by atoms with van der Waals surface area (Å²) in [7, 11) is 0. The first-order valence-corrected chi connectivity index (χ1v) is 4.61. The molecule has 0 saturated carbocycles. The summed E-state index contributed by atoms with van der Waals surface area (Å²) in [6.45, 7) is 2.81. The van der Waals surface area contributed by atoms with E-state index in [4.69, 9.17) is 9.84 Å². The van der Waals surface area contributed by atoms with Crippen LogP contribution in [0.2, 0.25) is 0 Å². The molecule has 1 aliphatic heterocycles. The Morgan fingerprint density at radius 2 is 2.00 bits per heavy atom. The van der Waals surface area contributed by atoms with E-state index in [1.54, 1.807) is 6.92 Å². The minimum absolute atomic E-state index is 0.0832. The molecule has 1 saturated heterocycles. The van der Waals surface area contributed by atoms with Crippen LogP contribution >= 0.6 is 0 Å². The predicted molar refractivity (Wildman–Crippen MR) is 46.3 cm³/mol. The second kappa shape index (κ2) is 4.58. The van der Waals surface area contributed by atoms with Crippen molar-refractivity contribution in [2.45, 2.75) is 25.9 Å². The van der Waals surface area contributed by atoms with E-state index in [9.17, 15) is 9.90 Å². The summed E-state index contributed by atoms with van der Waals surface area (Å²) in [5, 5.41) is 18.4. The lowest BCUT2D eigenvalue weighted by Crippen LogP contribution is -2.35. The van der Waals surface area contributed by atoms with Gasteiger partial charge in [0.05, 0.1) is 12.0 Å². The van der Waals surface area contributed by atoms with Gasteiger partial charge in [0.2, 0.25) is 0 Å². The molecular formula is C9H16O4. The lowest BCUT2D eigenvalue weighted by atomic mass is 9.87. The molecule has 1 fully saturated rings. The molecule has 13 heavy (non-hydrogen) atoms. The minimum Gasteiger partial charge on any atom is -0.481 e. The second-order valence-electron chi connectivity index (χ2n) is 3.57. The van der Waals surface area contributed by atoms with Crippen molar-refractivity contribution >= 4 is 5.97 Å². The maximum absolute atomic E-state index is 10.6. The molecule has 0 aromatic carbocycles. The Morgan fingerprint density at radius 1 is 1.46 bits per heavy atom. The lowest BCUT2D eigenvalue weighted by Gasteiger charge is -2.28. The summed E-state index contributed by atoms with van der Waals surface area (Å²) in [4.78, 5) is 10.6. The quantitative estimate of drug-likeness (QED) is 0.676. The summed E-state index contributed by atoms with van der Waals surface area (Å²) >= 11 is 0. The van der Waals surface area contributed by atoms with E-state index in [0.29, 0.717) is 13.2 Å². The predicted octanol–water partition coefficient (Wildman–Crippen LogP) is 0.495. The molecule has 0 aromatic heterocycles. The molecule has 1 aliphatic rings. The zero-order valence-electron chi connectivity index (χ0n) is 7.77. The Labute approximate surface area is 77.5 Å². The average Bonchev–Trinajstić information content (AvgIpc) is 2.17. The van der Waals surface area contributed by atoms with Gasteiger partial charge in [0, 0.05) is 13.2 Å². The molecule has 0 amide bonds. The van der Waals surface area contributed by atoms with Crippen LogP contribution in [0.1, 0.15) is 19.8 Å². The zero-order chi connectivity index (χ0) is 9.84. The van der Waals surface area contributed by atoms with Crippen molar-refractivity contribution in [3.05, 3.63) is 0 Å². The van der Waals surface area contributed by atoms with E-state index in [-0.39, 0.29) is 5.92 Å². The van der Waals surface area contributed by atoms with Crippen LogP contribution in [0.15, 0.2) is 0 Å². The fourth-order valence-corrected chi connectivity index (χ4v) is 1.61. The molecule has 4 nitrogen and oxygen atoms in total. The van der Waals surface area contributed by atoms with Crippen LogP contribution in [0.25, 0.3) is 0 Å². The highest BCUT2D eigenvalue weighted by molar-refractivity contribution is 5.70. The van der Waals surface area contributed by atoms with E-state index < -0.39 is 18.0 Å². The Bertz CT molecular complexity index is 174. The lowest BCUT2D eigenvalue weighted by molar-refractivity contribution is -0.147. The van der Waals surface area contributed by atoms with Crippen LogP contribution in [0.3, 0.4) is 0 Å². The Morgan fingerprint density at radius 3 is 2.46 bits per heavy atom. The standard InChI is InChI=1S/C9H16O4/c1-6(9(11)12)8(10)7-2-4-13-5-3-7/h6-8,10H,2-5H2,1H3,(H,11,12). The van der Waals surface area contributed by atoms with Crippen molar-refractivity contribution in [2.24, 2.45) is 11.8 Å². The van der Waals surface area contributed by atoms with Gasteiger partial charge >= 0.3 is 5.97 Å². The molecule has 0 aliphatic carbocycles. The average molecular weight is 188 g/mol. The SMILES string of the molecule is CC(C(=O)O)C(O)C1CCOCC1. The number of carbonyl (C=O) groups is 1. The van der Waals surface area contributed by atoms with Gasteiger partial charge in [0.25, 0.3) is 0 Å². The van der Waals surface area contributed by atoms with Gasteiger partial charge in [-0.1, -0.05) is 0 Å². The zero-order valence-corrected chi connectivity index (χ0v) is 7.77. The van der Waals surface area contributed by atoms with Crippen molar-refractivity contribution in [2.75, 3.05) is 13.2 Å². The van der Waals surface area contributed by atoms with Crippen molar-refractivity contribution in [1.29, 1.82) is 0 Å². The monoisotopic (exact) mass is 188 g/mol. The molecule has 2 atom stereocenters. The van der Waals surface area contributed by atoms with Crippen molar-refractivity contribution in [3.8, 4) is 0 Å². The molecule has 1 heterocycles. The maximum Gasteiger partial charge on any atom is 0.308 e. The van der Waals surface area contributed by atoms with Crippen LogP contribution in [0.5, 0.6) is 0 Å². The number of aliphatic hydroxyl groups is 1. The summed E-state index contributed by atoms with van der Waals surface area (Å²) in [6, 6.07) is 0. The molecule has 0 spiro atoms. The van der Waals surface area contributed by atoms with Gasteiger partial charge in [-0.25, -0.2) is 0 Å². The Hall–Kier alpha value is -0.610. The van der Waals surface area contributed by atoms with Crippen molar-refractivity contribution in [3.63, 3.8) is 0 Å². The van der Waals surface area contributed by atoms with E-state index >= 15 is 0 Å². The number of aliphatic carboxylic acids is 1. The van der Waals surface area contributed by atoms with Crippen LogP contribution < -0.4 is 0 Å². The van der Waals surface area contributed by atoms with Gasteiger partial charge in [-0.05, 0) is 25.7 Å². The van der Waals surface area contributed by atoms with Crippen molar-refractivity contribution in [1.82, 2.24) is 0 Å². The highest BCUT2D eigenvalue weighted by atomic mass is 16.5. The summed E-state index contributed by atoms with van der Waals surface area (Å²) in [6.07, 6.45) is 0.791. The number of ether oxygens (including phenoxy) is 1. The third kappa shape index (κ3) is 2.67. The first-order valence-electron chi connectivity index (χ1n) is 4.61. The number of aliphatic hydroxyl groups excluding tert-OH is 1. The number of carboxylic acid groups (broad SMARTS) is 1. The molecule has 1 rings (SSSR count). The molecule has 0 aromatic rings. The summed E-state index contributed by atoms with van der Waals surface area (Å²) < 4.78 is 5.13. The first kappa shape index (κ1) is 10.5. The molecule has 4 heteroatoms. The van der Waals surface area contributed by atoms with Gasteiger partial charge in [-0.2, -0.15) is 0 Å². The van der Waals surface area contributed by atoms with Gasteiger partial charge in [-0.3, -0.25) is 4.79 Å². The van der Waals surface area contributed by atoms with E-state index in [0.717, 1.165) is 12.8 Å². The largest absolute Gasteiger partial charge is 0.481 e. The number of rotatable bonds is 3. The summed E-state index contributed by atoms with van der Waals surface area (Å²) in [5.74, 6) is -1.53. The van der Waals surface area contributed by atoms with Gasteiger partial charge in [0.15, 0.2) is 0 Å². The van der Waals surface area contributed by atoms with E-state index in [2.05, 4.69) is 0 Å². The third-order valence-electron chi connectivity index (χ3n) is 2.65. The minimum atomic E-state index is -0.931. The Balaban J connectivity index is 2.44. The molecular weight excluding hydrogens is 172 g/mol. The Kier molecular flexibility index (Phi) is 3.69. The van der Waals surface area contributed by atoms with Crippen LogP contribution in [0.4, 0.5) is 0 Å². The normalized spacial score (nSPS) is 23.8.